The van der Waals surface area contributed by atoms with Crippen LogP contribution in [0.4, 0.5) is 0 Å². The number of nitrogens with one attached hydrogen (secondary N) is 1. The van der Waals surface area contributed by atoms with Gasteiger partial charge in [0.05, 0.1) is 21.8 Å². The summed E-state index contributed by atoms with van der Waals surface area (Å²) in [5.41, 5.74) is 2.48. The first kappa shape index (κ1) is 13.4. The van der Waals surface area contributed by atoms with Crippen LogP contribution in [0.15, 0.2) is 31.7 Å². The lowest BCUT2D eigenvalue weighted by Crippen LogP contribution is -2.09. The van der Waals surface area contributed by atoms with Crippen LogP contribution >= 0.6 is 27.7 Å². The first-order valence-electron chi connectivity index (χ1n) is 5.52. The SMILES string of the molecule is C/C=C\Sc1cc2c(Br)c(C)nc(C)c2[nH]c1=O. The molecule has 0 radical (unpaired) electrons. The minimum Gasteiger partial charge on any atom is -0.319 e. The zero-order valence-corrected chi connectivity index (χ0v) is 12.8. The van der Waals surface area contributed by atoms with E-state index in [1.165, 1.54) is 11.8 Å². The number of hydrogen-bond acceptors (Lipinski definition) is 3. The van der Waals surface area contributed by atoms with Crippen molar-refractivity contribution in [2.24, 2.45) is 0 Å². The van der Waals surface area contributed by atoms with Crippen LogP contribution in [-0.4, -0.2) is 9.97 Å². The molecule has 0 aliphatic rings. The maximum absolute atomic E-state index is 11.9. The Balaban J connectivity index is 2.77. The fourth-order valence-electron chi connectivity index (χ4n) is 1.75. The third kappa shape index (κ3) is 2.37. The van der Waals surface area contributed by atoms with E-state index < -0.39 is 0 Å². The Bertz CT molecular complexity index is 691. The molecule has 2 rings (SSSR count). The Morgan fingerprint density at radius 1 is 1.39 bits per heavy atom. The monoisotopic (exact) mass is 324 g/mol. The lowest BCUT2D eigenvalue weighted by atomic mass is 10.2. The fourth-order valence-corrected chi connectivity index (χ4v) is 2.78. The van der Waals surface area contributed by atoms with Crippen molar-refractivity contribution in [2.45, 2.75) is 25.7 Å². The average molecular weight is 325 g/mol. The van der Waals surface area contributed by atoms with Crippen molar-refractivity contribution in [3.05, 3.63) is 43.8 Å². The summed E-state index contributed by atoms with van der Waals surface area (Å²) in [5.74, 6) is 0. The van der Waals surface area contributed by atoms with Gasteiger partial charge in [0.1, 0.15) is 0 Å². The molecule has 2 aromatic heterocycles. The van der Waals surface area contributed by atoms with E-state index in [4.69, 9.17) is 0 Å². The highest BCUT2D eigenvalue weighted by molar-refractivity contribution is 9.10. The van der Waals surface area contributed by atoms with Crippen LogP contribution in [0.25, 0.3) is 10.9 Å². The summed E-state index contributed by atoms with van der Waals surface area (Å²) in [6.45, 7) is 5.77. The lowest BCUT2D eigenvalue weighted by molar-refractivity contribution is 1.10. The van der Waals surface area contributed by atoms with Gasteiger partial charge in [-0.15, -0.1) is 0 Å². The number of thioether (sulfide) groups is 1. The maximum atomic E-state index is 11.9. The number of aryl methyl sites for hydroxylation is 2. The van der Waals surface area contributed by atoms with E-state index in [0.29, 0.717) is 4.90 Å². The highest BCUT2D eigenvalue weighted by Crippen LogP contribution is 2.28. The van der Waals surface area contributed by atoms with Crippen molar-refractivity contribution in [2.75, 3.05) is 0 Å². The van der Waals surface area contributed by atoms with E-state index in [1.807, 2.05) is 38.3 Å². The summed E-state index contributed by atoms with van der Waals surface area (Å²) in [6.07, 6.45) is 1.91. The van der Waals surface area contributed by atoms with Gasteiger partial charge in [0.2, 0.25) is 0 Å². The van der Waals surface area contributed by atoms with Gasteiger partial charge in [0, 0.05) is 9.86 Å². The molecular formula is C13H13BrN2OS. The second kappa shape index (κ2) is 5.28. The van der Waals surface area contributed by atoms with Gasteiger partial charge in [-0.1, -0.05) is 17.8 Å². The maximum Gasteiger partial charge on any atom is 0.262 e. The first-order chi connectivity index (χ1) is 8.54. The van der Waals surface area contributed by atoms with Gasteiger partial charge < -0.3 is 4.98 Å². The number of hydrogen-bond donors (Lipinski definition) is 1. The molecule has 2 heterocycles. The smallest absolute Gasteiger partial charge is 0.262 e. The van der Waals surface area contributed by atoms with Gasteiger partial charge in [-0.2, -0.15) is 0 Å². The van der Waals surface area contributed by atoms with Crippen molar-refractivity contribution in [1.29, 1.82) is 0 Å². The van der Waals surface area contributed by atoms with E-state index >= 15 is 0 Å². The van der Waals surface area contributed by atoms with Crippen molar-refractivity contribution >= 4 is 38.6 Å². The lowest BCUT2D eigenvalue weighted by Gasteiger charge is -2.08. The summed E-state index contributed by atoms with van der Waals surface area (Å²) >= 11 is 4.95. The minimum absolute atomic E-state index is 0.0775. The molecule has 1 N–H and O–H groups in total. The Kier molecular flexibility index (Phi) is 3.92. The van der Waals surface area contributed by atoms with Crippen LogP contribution in [0.3, 0.4) is 0 Å². The molecule has 0 atom stereocenters. The number of rotatable bonds is 2. The van der Waals surface area contributed by atoms with Crippen molar-refractivity contribution < 1.29 is 0 Å². The molecule has 0 fully saturated rings. The highest BCUT2D eigenvalue weighted by Gasteiger charge is 2.10. The van der Waals surface area contributed by atoms with Crippen LogP contribution in [0.2, 0.25) is 0 Å². The number of nitrogens with zero attached hydrogens (tertiary/aromatic N) is 1. The molecule has 0 spiro atoms. The summed E-state index contributed by atoms with van der Waals surface area (Å²) in [6, 6.07) is 1.91. The molecule has 0 aliphatic carbocycles. The summed E-state index contributed by atoms with van der Waals surface area (Å²) in [5, 5.41) is 2.89. The van der Waals surface area contributed by atoms with Crippen molar-refractivity contribution in [1.82, 2.24) is 9.97 Å². The molecule has 0 amide bonds. The molecule has 18 heavy (non-hydrogen) atoms. The summed E-state index contributed by atoms with van der Waals surface area (Å²) < 4.78 is 0.932. The predicted octanol–water partition coefficient (Wildman–Crippen LogP) is 3.93. The standard InChI is InChI=1S/C13H13BrN2OS/c1-4-5-18-10-6-9-11(14)7(2)15-8(3)12(9)16-13(10)17/h4-6H,1-3H3,(H,16,17)/b5-4-. The van der Waals surface area contributed by atoms with Crippen LogP contribution in [0.5, 0.6) is 0 Å². The molecule has 0 saturated heterocycles. The number of pyridine rings is 2. The molecule has 3 nitrogen and oxygen atoms in total. The van der Waals surface area contributed by atoms with Gasteiger partial charge in [-0.05, 0) is 48.2 Å². The Labute approximate surface area is 118 Å². The Morgan fingerprint density at radius 2 is 2.11 bits per heavy atom. The quantitative estimate of drug-likeness (QED) is 0.851. The molecule has 0 unspecified atom stereocenters. The van der Waals surface area contributed by atoms with Gasteiger partial charge in [0.25, 0.3) is 5.56 Å². The van der Waals surface area contributed by atoms with Gasteiger partial charge in [-0.3, -0.25) is 9.78 Å². The summed E-state index contributed by atoms with van der Waals surface area (Å²) in [4.78, 5) is 19.9. The molecule has 0 saturated carbocycles. The molecule has 0 bridgehead atoms. The minimum atomic E-state index is -0.0775. The predicted molar refractivity (Wildman–Crippen MR) is 80.2 cm³/mol. The van der Waals surface area contributed by atoms with E-state index in [9.17, 15) is 4.79 Å². The number of H-pyrrole nitrogens is 1. The van der Waals surface area contributed by atoms with Gasteiger partial charge >= 0.3 is 0 Å². The van der Waals surface area contributed by atoms with Crippen LogP contribution in [0.1, 0.15) is 18.3 Å². The highest BCUT2D eigenvalue weighted by atomic mass is 79.9. The van der Waals surface area contributed by atoms with E-state index in [0.717, 1.165) is 26.8 Å². The molecule has 5 heteroatoms. The fraction of sp³-hybridized carbons (Fsp3) is 0.231. The second-order valence-electron chi connectivity index (χ2n) is 3.94. The van der Waals surface area contributed by atoms with Gasteiger partial charge in [0.15, 0.2) is 0 Å². The third-order valence-electron chi connectivity index (χ3n) is 2.59. The van der Waals surface area contributed by atoms with Crippen molar-refractivity contribution in [3.63, 3.8) is 0 Å². The third-order valence-corrected chi connectivity index (χ3v) is 4.56. The molecule has 94 valence electrons. The van der Waals surface area contributed by atoms with Crippen LogP contribution < -0.4 is 5.56 Å². The van der Waals surface area contributed by atoms with Crippen LogP contribution in [0, 0.1) is 13.8 Å². The number of fused-ring (bicyclic) bond motifs is 1. The summed E-state index contributed by atoms with van der Waals surface area (Å²) in [7, 11) is 0. The average Bonchev–Trinajstić information content (AvgIpc) is 2.34. The largest absolute Gasteiger partial charge is 0.319 e. The van der Waals surface area contributed by atoms with E-state index in [-0.39, 0.29) is 5.56 Å². The van der Waals surface area contributed by atoms with E-state index in [1.54, 1.807) is 0 Å². The number of aromatic amines is 1. The van der Waals surface area contributed by atoms with Gasteiger partial charge in [-0.25, -0.2) is 0 Å². The Hall–Kier alpha value is -1.07. The normalized spacial score (nSPS) is 11.6. The number of allylic oxidation sites excluding steroid dienone is 1. The molecule has 0 aliphatic heterocycles. The number of halogens is 1. The Morgan fingerprint density at radius 3 is 2.78 bits per heavy atom. The first-order valence-corrected chi connectivity index (χ1v) is 7.19. The zero-order valence-electron chi connectivity index (χ0n) is 10.4. The zero-order chi connectivity index (χ0) is 13.3. The molecule has 0 aromatic carbocycles. The molecular weight excluding hydrogens is 312 g/mol. The topological polar surface area (TPSA) is 45.8 Å². The van der Waals surface area contributed by atoms with Crippen molar-refractivity contribution in [3.8, 4) is 0 Å². The number of aromatic nitrogens is 2. The van der Waals surface area contributed by atoms with Crippen LogP contribution in [-0.2, 0) is 0 Å². The van der Waals surface area contributed by atoms with E-state index in [2.05, 4.69) is 25.9 Å². The molecule has 2 aromatic rings. The second-order valence-corrected chi connectivity index (χ2v) is 5.68.